The number of fused-ring (bicyclic) bond motifs is 1. The molecular weight excluding hydrogens is 346 g/mol. The summed E-state index contributed by atoms with van der Waals surface area (Å²) in [7, 11) is 0. The third-order valence-corrected chi connectivity index (χ3v) is 5.12. The smallest absolute Gasteiger partial charge is 0.218 e. The number of aliphatic hydroxyl groups excluding tert-OH is 1. The number of hydrogen-bond acceptors (Lipinski definition) is 5. The molecule has 4 rings (SSSR count). The van der Waals surface area contributed by atoms with Gasteiger partial charge in [-0.3, -0.25) is 0 Å². The van der Waals surface area contributed by atoms with E-state index in [-0.39, 0.29) is 12.5 Å². The van der Waals surface area contributed by atoms with E-state index in [1.165, 1.54) is 9.41 Å². The van der Waals surface area contributed by atoms with E-state index >= 15 is 0 Å². The van der Waals surface area contributed by atoms with Crippen LogP contribution in [0.3, 0.4) is 0 Å². The van der Waals surface area contributed by atoms with Crippen molar-refractivity contribution >= 4 is 17.4 Å². The molecule has 26 heavy (non-hydrogen) atoms. The minimum Gasteiger partial charge on any atom is -0.493 e. The van der Waals surface area contributed by atoms with Crippen LogP contribution in [0.15, 0.2) is 76.8 Å². The molecule has 0 fully saturated rings. The highest BCUT2D eigenvalue weighted by Crippen LogP contribution is 2.31. The predicted octanol–water partition coefficient (Wildman–Crippen LogP) is 3.79. The summed E-state index contributed by atoms with van der Waals surface area (Å²) in [5.41, 5.74) is 3.00. The molecule has 0 amide bonds. The fraction of sp³-hybridized carbons (Fsp3) is 0.100. The lowest BCUT2D eigenvalue weighted by Crippen LogP contribution is -1.99. The second kappa shape index (κ2) is 7.19. The van der Waals surface area contributed by atoms with Crippen LogP contribution in [-0.2, 0) is 6.42 Å². The zero-order valence-electron chi connectivity index (χ0n) is 13.9. The Balaban J connectivity index is 1.64. The number of benzene rings is 2. The monoisotopic (exact) mass is 363 g/mol. The van der Waals surface area contributed by atoms with Gasteiger partial charge < -0.3 is 10.2 Å². The van der Waals surface area contributed by atoms with Crippen molar-refractivity contribution in [2.24, 2.45) is 0 Å². The van der Waals surface area contributed by atoms with E-state index in [0.717, 1.165) is 16.0 Å². The number of aromatic nitrogens is 3. The molecule has 5 nitrogen and oxygen atoms in total. The minimum absolute atomic E-state index is 0.0200. The molecule has 6 heteroatoms. The van der Waals surface area contributed by atoms with E-state index in [4.69, 9.17) is 5.11 Å². The Kier molecular flexibility index (Phi) is 4.60. The maximum absolute atomic E-state index is 10.3. The van der Waals surface area contributed by atoms with Crippen molar-refractivity contribution in [3.8, 4) is 17.0 Å². The molecular formula is C20H17N3O2S. The van der Waals surface area contributed by atoms with E-state index in [9.17, 15) is 5.11 Å². The molecule has 0 atom stereocenters. The van der Waals surface area contributed by atoms with Crippen molar-refractivity contribution < 1.29 is 10.2 Å². The van der Waals surface area contributed by atoms with Crippen LogP contribution in [0.4, 0.5) is 0 Å². The van der Waals surface area contributed by atoms with Crippen molar-refractivity contribution in [1.29, 1.82) is 0 Å². The lowest BCUT2D eigenvalue weighted by atomic mass is 10.1. The molecule has 130 valence electrons. The van der Waals surface area contributed by atoms with Gasteiger partial charge in [0.05, 0.1) is 6.20 Å². The molecule has 0 spiro atoms. The van der Waals surface area contributed by atoms with Gasteiger partial charge in [-0.25, -0.2) is 4.98 Å². The van der Waals surface area contributed by atoms with Gasteiger partial charge in [-0.15, -0.1) is 0 Å². The van der Waals surface area contributed by atoms with Crippen molar-refractivity contribution in [1.82, 2.24) is 14.6 Å². The van der Waals surface area contributed by atoms with Crippen LogP contribution < -0.4 is 0 Å². The lowest BCUT2D eigenvalue weighted by molar-refractivity contribution is 0.296. The van der Waals surface area contributed by atoms with Crippen molar-refractivity contribution in [2.75, 3.05) is 6.61 Å². The molecule has 2 heterocycles. The van der Waals surface area contributed by atoms with Gasteiger partial charge in [0.1, 0.15) is 0 Å². The van der Waals surface area contributed by atoms with Crippen LogP contribution >= 0.6 is 11.8 Å². The molecule has 0 unspecified atom stereocenters. The Morgan fingerprint density at radius 1 is 0.923 bits per heavy atom. The molecule has 0 aliphatic heterocycles. The Morgan fingerprint density at radius 3 is 2.38 bits per heavy atom. The fourth-order valence-corrected chi connectivity index (χ4v) is 3.62. The van der Waals surface area contributed by atoms with Gasteiger partial charge in [-0.1, -0.05) is 42.1 Å². The molecule has 0 saturated heterocycles. The first-order valence-electron chi connectivity index (χ1n) is 8.25. The predicted molar refractivity (Wildman–Crippen MR) is 101 cm³/mol. The molecule has 2 aromatic heterocycles. The Labute approximate surface area is 155 Å². The highest BCUT2D eigenvalue weighted by Gasteiger charge is 2.13. The molecule has 2 N–H and O–H groups in total. The number of rotatable bonds is 5. The standard InChI is InChI=1S/C20H17N3O2S/c24-11-10-15-12-21-19-18(13-22-23(19)20(15)25)14-6-8-17(9-7-14)26-16-4-2-1-3-5-16/h1-9,12-13,24-25H,10-11H2. The van der Waals surface area contributed by atoms with Gasteiger partial charge in [0, 0.05) is 40.1 Å². The van der Waals surface area contributed by atoms with Gasteiger partial charge >= 0.3 is 0 Å². The Morgan fingerprint density at radius 2 is 1.65 bits per heavy atom. The van der Waals surface area contributed by atoms with Crippen LogP contribution in [0, 0.1) is 0 Å². The molecule has 4 aromatic rings. The summed E-state index contributed by atoms with van der Waals surface area (Å²) in [5, 5.41) is 23.6. The minimum atomic E-state index is -0.0462. The van der Waals surface area contributed by atoms with Crippen molar-refractivity contribution in [2.45, 2.75) is 16.2 Å². The van der Waals surface area contributed by atoms with E-state index in [2.05, 4.69) is 34.3 Å². The third kappa shape index (κ3) is 3.16. The van der Waals surface area contributed by atoms with Crippen LogP contribution in [-0.4, -0.2) is 31.4 Å². The van der Waals surface area contributed by atoms with E-state index in [1.54, 1.807) is 24.2 Å². The van der Waals surface area contributed by atoms with Crippen LogP contribution in [0.5, 0.6) is 5.88 Å². The topological polar surface area (TPSA) is 70.7 Å². The summed E-state index contributed by atoms with van der Waals surface area (Å²) < 4.78 is 1.41. The summed E-state index contributed by atoms with van der Waals surface area (Å²) in [6.45, 7) is -0.0462. The number of aliphatic hydroxyl groups is 1. The second-order valence-corrected chi connectivity index (χ2v) is 6.96. The first-order valence-corrected chi connectivity index (χ1v) is 9.06. The normalized spacial score (nSPS) is 11.1. The Hall–Kier alpha value is -2.83. The fourth-order valence-electron chi connectivity index (χ4n) is 2.78. The van der Waals surface area contributed by atoms with Gasteiger partial charge in [0.2, 0.25) is 5.88 Å². The maximum Gasteiger partial charge on any atom is 0.218 e. The van der Waals surface area contributed by atoms with E-state index in [1.807, 2.05) is 30.3 Å². The molecule has 0 aliphatic rings. The number of hydrogen-bond donors (Lipinski definition) is 2. The number of nitrogens with zero attached hydrogens (tertiary/aromatic N) is 3. The maximum atomic E-state index is 10.3. The van der Waals surface area contributed by atoms with Crippen LogP contribution in [0.2, 0.25) is 0 Å². The van der Waals surface area contributed by atoms with Crippen molar-refractivity contribution in [3.05, 3.63) is 72.6 Å². The first-order chi connectivity index (χ1) is 12.8. The number of aromatic hydroxyl groups is 1. The van der Waals surface area contributed by atoms with Crippen LogP contribution in [0.1, 0.15) is 5.56 Å². The molecule has 0 aliphatic carbocycles. The summed E-state index contributed by atoms with van der Waals surface area (Å²) >= 11 is 1.71. The average Bonchev–Trinajstić information content (AvgIpc) is 3.10. The Bertz CT molecular complexity index is 1030. The average molecular weight is 363 g/mol. The van der Waals surface area contributed by atoms with Crippen LogP contribution in [0.25, 0.3) is 16.8 Å². The first kappa shape index (κ1) is 16.6. The van der Waals surface area contributed by atoms with Gasteiger partial charge in [0.15, 0.2) is 5.65 Å². The quantitative estimate of drug-likeness (QED) is 0.564. The summed E-state index contributed by atoms with van der Waals surface area (Å²) in [4.78, 5) is 6.76. The molecule has 2 aromatic carbocycles. The zero-order chi connectivity index (χ0) is 17.9. The molecule has 0 bridgehead atoms. The lowest BCUT2D eigenvalue weighted by Gasteiger charge is -2.06. The zero-order valence-corrected chi connectivity index (χ0v) is 14.7. The summed E-state index contributed by atoms with van der Waals surface area (Å²) in [6.07, 6.45) is 3.63. The highest BCUT2D eigenvalue weighted by molar-refractivity contribution is 7.99. The summed E-state index contributed by atoms with van der Waals surface area (Å²) in [5.74, 6) is 0.0200. The van der Waals surface area contributed by atoms with E-state index in [0.29, 0.717) is 17.6 Å². The van der Waals surface area contributed by atoms with Gasteiger partial charge in [0.25, 0.3) is 0 Å². The summed E-state index contributed by atoms with van der Waals surface area (Å²) in [6, 6.07) is 18.4. The molecule has 0 radical (unpaired) electrons. The largest absolute Gasteiger partial charge is 0.493 e. The highest BCUT2D eigenvalue weighted by atomic mass is 32.2. The molecule has 0 saturated carbocycles. The SMILES string of the molecule is OCCc1cnc2c(-c3ccc(Sc4ccccc4)cc3)cnn2c1O. The van der Waals surface area contributed by atoms with Gasteiger partial charge in [-0.2, -0.15) is 9.61 Å². The van der Waals surface area contributed by atoms with Gasteiger partial charge in [-0.05, 0) is 29.8 Å². The third-order valence-electron chi connectivity index (χ3n) is 4.10. The second-order valence-electron chi connectivity index (χ2n) is 5.81. The van der Waals surface area contributed by atoms with E-state index < -0.39 is 0 Å². The van der Waals surface area contributed by atoms with Crippen molar-refractivity contribution in [3.63, 3.8) is 0 Å².